The minimum Gasteiger partial charge on any atom is -0.481 e. The minimum absolute atomic E-state index is 0.207. The Bertz CT molecular complexity index is 710. The van der Waals surface area contributed by atoms with Gasteiger partial charge in [0, 0.05) is 13.0 Å². The van der Waals surface area contributed by atoms with E-state index >= 15 is 0 Å². The third-order valence-electron chi connectivity index (χ3n) is 5.39. The summed E-state index contributed by atoms with van der Waals surface area (Å²) >= 11 is 0. The van der Waals surface area contributed by atoms with E-state index in [1.54, 1.807) is 13.8 Å². The number of rotatable bonds is 12. The molecule has 1 heterocycles. The van der Waals surface area contributed by atoms with Crippen molar-refractivity contribution in [3.8, 4) is 0 Å². The van der Waals surface area contributed by atoms with E-state index in [1.165, 1.54) is 4.90 Å². The molecule has 0 aliphatic carbocycles. The van der Waals surface area contributed by atoms with Gasteiger partial charge in [-0.15, -0.1) is 0 Å². The fourth-order valence-electron chi connectivity index (χ4n) is 3.66. The Hall–Kier alpha value is -2.69. The minimum atomic E-state index is -1.37. The number of amides is 3. The van der Waals surface area contributed by atoms with Gasteiger partial charge in [-0.1, -0.05) is 27.7 Å². The number of nitrogens with one attached hydrogen (secondary N) is 2. The second-order valence-electron chi connectivity index (χ2n) is 8.99. The molecule has 11 heteroatoms. The molecular weight excluding hydrogens is 420 g/mol. The molecule has 11 nitrogen and oxygen atoms in total. The molecule has 1 fully saturated rings. The predicted octanol–water partition coefficient (Wildman–Crippen LogP) is -0.0742. The van der Waals surface area contributed by atoms with Crippen molar-refractivity contribution in [3.63, 3.8) is 0 Å². The molecule has 1 aliphatic heterocycles. The second-order valence-corrected chi connectivity index (χ2v) is 8.99. The maximum atomic E-state index is 13.2. The SMILES string of the molecule is CC(C)CC(N)C(=O)NC(C(=O)N1CCCC1C(=O)NC(CCC(=O)O)C(=O)O)C(C)C. The van der Waals surface area contributed by atoms with Crippen LogP contribution in [0.3, 0.4) is 0 Å². The summed E-state index contributed by atoms with van der Waals surface area (Å²) in [6.07, 6.45) is 0.668. The molecule has 1 saturated heterocycles. The summed E-state index contributed by atoms with van der Waals surface area (Å²) in [4.78, 5) is 61.9. The van der Waals surface area contributed by atoms with E-state index in [1.807, 2.05) is 13.8 Å². The Labute approximate surface area is 188 Å². The molecule has 1 aliphatic rings. The highest BCUT2D eigenvalue weighted by Gasteiger charge is 2.40. The third-order valence-corrected chi connectivity index (χ3v) is 5.39. The number of likely N-dealkylation sites (tertiary alicyclic amines) is 1. The monoisotopic (exact) mass is 456 g/mol. The van der Waals surface area contributed by atoms with E-state index in [2.05, 4.69) is 10.6 Å². The van der Waals surface area contributed by atoms with E-state index in [9.17, 15) is 29.1 Å². The van der Waals surface area contributed by atoms with Crippen LogP contribution in [0.25, 0.3) is 0 Å². The normalized spacial score (nSPS) is 18.8. The molecule has 0 aromatic carbocycles. The van der Waals surface area contributed by atoms with Crippen LogP contribution in [-0.4, -0.2) is 75.5 Å². The van der Waals surface area contributed by atoms with E-state index in [-0.39, 0.29) is 18.3 Å². The van der Waals surface area contributed by atoms with Crippen LogP contribution in [0, 0.1) is 11.8 Å². The molecule has 32 heavy (non-hydrogen) atoms. The molecule has 0 bridgehead atoms. The van der Waals surface area contributed by atoms with Crippen LogP contribution in [0.15, 0.2) is 0 Å². The van der Waals surface area contributed by atoms with Crippen LogP contribution in [-0.2, 0) is 24.0 Å². The largest absolute Gasteiger partial charge is 0.481 e. The predicted molar refractivity (Wildman–Crippen MR) is 115 cm³/mol. The van der Waals surface area contributed by atoms with Gasteiger partial charge in [-0.05, 0) is 37.5 Å². The van der Waals surface area contributed by atoms with Gasteiger partial charge in [-0.25, -0.2) is 4.79 Å². The fourth-order valence-corrected chi connectivity index (χ4v) is 3.66. The summed E-state index contributed by atoms with van der Waals surface area (Å²) < 4.78 is 0. The number of carboxylic acid groups (broad SMARTS) is 2. The van der Waals surface area contributed by atoms with Crippen molar-refractivity contribution in [2.75, 3.05) is 6.54 Å². The van der Waals surface area contributed by atoms with Crippen LogP contribution in [0.1, 0.15) is 59.8 Å². The molecule has 0 aromatic heterocycles. The zero-order chi connectivity index (χ0) is 24.6. The van der Waals surface area contributed by atoms with Crippen LogP contribution >= 0.6 is 0 Å². The van der Waals surface area contributed by atoms with E-state index in [0.717, 1.165) is 0 Å². The van der Waals surface area contributed by atoms with Crippen LogP contribution < -0.4 is 16.4 Å². The highest BCUT2D eigenvalue weighted by Crippen LogP contribution is 2.21. The number of aliphatic carboxylic acids is 2. The second kappa shape index (κ2) is 12.4. The van der Waals surface area contributed by atoms with Gasteiger partial charge in [0.2, 0.25) is 17.7 Å². The van der Waals surface area contributed by atoms with Gasteiger partial charge in [-0.2, -0.15) is 0 Å². The first-order chi connectivity index (χ1) is 14.8. The van der Waals surface area contributed by atoms with Gasteiger partial charge < -0.3 is 31.5 Å². The van der Waals surface area contributed by atoms with Gasteiger partial charge in [-0.3, -0.25) is 19.2 Å². The summed E-state index contributed by atoms with van der Waals surface area (Å²) in [6, 6.07) is -3.90. The number of nitrogens with two attached hydrogens (primary N) is 1. The fraction of sp³-hybridized carbons (Fsp3) is 0.762. The van der Waals surface area contributed by atoms with Gasteiger partial charge >= 0.3 is 11.9 Å². The summed E-state index contributed by atoms with van der Waals surface area (Å²) in [5.41, 5.74) is 5.93. The molecule has 6 N–H and O–H groups in total. The number of carbonyl (C=O) groups excluding carboxylic acids is 3. The smallest absolute Gasteiger partial charge is 0.326 e. The van der Waals surface area contributed by atoms with E-state index in [0.29, 0.717) is 25.8 Å². The molecule has 1 rings (SSSR count). The van der Waals surface area contributed by atoms with E-state index in [4.69, 9.17) is 10.8 Å². The lowest BCUT2D eigenvalue weighted by Gasteiger charge is -2.31. The first-order valence-corrected chi connectivity index (χ1v) is 11.0. The van der Waals surface area contributed by atoms with Crippen molar-refractivity contribution < 1.29 is 34.2 Å². The highest BCUT2D eigenvalue weighted by molar-refractivity contribution is 5.94. The van der Waals surface area contributed by atoms with Gasteiger partial charge in [0.15, 0.2) is 0 Å². The number of carbonyl (C=O) groups is 5. The highest BCUT2D eigenvalue weighted by atomic mass is 16.4. The average Bonchev–Trinajstić information content (AvgIpc) is 3.17. The number of nitrogens with zero attached hydrogens (tertiary/aromatic N) is 1. The Kier molecular flexibility index (Phi) is 10.6. The quantitative estimate of drug-likeness (QED) is 0.270. The van der Waals surface area contributed by atoms with Gasteiger partial charge in [0.05, 0.1) is 6.04 Å². The Morgan fingerprint density at radius 1 is 1.06 bits per heavy atom. The number of carboxylic acids is 2. The van der Waals surface area contributed by atoms with Crippen molar-refractivity contribution in [2.24, 2.45) is 17.6 Å². The molecule has 0 spiro atoms. The molecule has 4 unspecified atom stereocenters. The maximum Gasteiger partial charge on any atom is 0.326 e. The molecule has 0 radical (unpaired) electrons. The van der Waals surface area contributed by atoms with Crippen molar-refractivity contribution >= 4 is 29.7 Å². The van der Waals surface area contributed by atoms with Gasteiger partial charge in [0.25, 0.3) is 0 Å². The van der Waals surface area contributed by atoms with Crippen molar-refractivity contribution in [1.29, 1.82) is 0 Å². The van der Waals surface area contributed by atoms with E-state index < -0.39 is 60.2 Å². The average molecular weight is 457 g/mol. The summed E-state index contributed by atoms with van der Waals surface area (Å²) in [5.74, 6) is -4.09. The standard InChI is InChI=1S/C21H36N4O7/c1-11(2)10-13(22)18(28)24-17(12(3)4)20(30)25-9-5-6-15(25)19(29)23-14(21(31)32)7-8-16(26)27/h11-15,17H,5-10,22H2,1-4H3,(H,23,29)(H,24,28)(H,26,27)(H,31,32). The molecule has 4 atom stereocenters. The van der Waals surface area contributed by atoms with Crippen LogP contribution in [0.4, 0.5) is 0 Å². The lowest BCUT2D eigenvalue weighted by atomic mass is 9.99. The first kappa shape index (κ1) is 27.3. The topological polar surface area (TPSA) is 179 Å². The zero-order valence-electron chi connectivity index (χ0n) is 19.2. The Morgan fingerprint density at radius 3 is 2.19 bits per heavy atom. The summed E-state index contributed by atoms with van der Waals surface area (Å²) in [7, 11) is 0. The third kappa shape index (κ3) is 8.10. The Balaban J connectivity index is 2.90. The zero-order valence-corrected chi connectivity index (χ0v) is 19.2. The lowest BCUT2D eigenvalue weighted by molar-refractivity contribution is -0.146. The summed E-state index contributed by atoms with van der Waals surface area (Å²) in [5, 5.41) is 23.1. The molecule has 182 valence electrons. The summed E-state index contributed by atoms with van der Waals surface area (Å²) in [6.45, 7) is 7.71. The van der Waals surface area contributed by atoms with Crippen LogP contribution in [0.5, 0.6) is 0 Å². The van der Waals surface area contributed by atoms with Crippen molar-refractivity contribution in [1.82, 2.24) is 15.5 Å². The maximum absolute atomic E-state index is 13.2. The molecule has 3 amide bonds. The van der Waals surface area contributed by atoms with Crippen molar-refractivity contribution in [3.05, 3.63) is 0 Å². The number of hydrogen-bond donors (Lipinski definition) is 5. The first-order valence-electron chi connectivity index (χ1n) is 11.0. The molecule has 0 saturated carbocycles. The number of hydrogen-bond acceptors (Lipinski definition) is 6. The lowest BCUT2D eigenvalue weighted by Crippen LogP contribution is -2.58. The molecular formula is C21H36N4O7. The molecule has 0 aromatic rings. The Morgan fingerprint density at radius 2 is 1.69 bits per heavy atom. The van der Waals surface area contributed by atoms with Crippen molar-refractivity contribution in [2.45, 2.75) is 84.0 Å². The van der Waals surface area contributed by atoms with Gasteiger partial charge in [0.1, 0.15) is 18.1 Å². The van der Waals surface area contributed by atoms with Crippen LogP contribution in [0.2, 0.25) is 0 Å².